The summed E-state index contributed by atoms with van der Waals surface area (Å²) in [6.45, 7) is 4.81. The summed E-state index contributed by atoms with van der Waals surface area (Å²) in [6.07, 6.45) is -0.0577. The molecular weight excluding hydrogens is 274 g/mol. The minimum atomic E-state index is -0.500. The number of carbonyl (C=O) groups is 1. The number of rotatable bonds is 7. The van der Waals surface area contributed by atoms with Crippen LogP contribution in [0.1, 0.15) is 24.2 Å². The average Bonchev–Trinajstić information content (AvgIpc) is 2.44. The van der Waals surface area contributed by atoms with E-state index in [1.54, 1.807) is 26.2 Å². The van der Waals surface area contributed by atoms with E-state index in [-0.39, 0.29) is 23.3 Å². The maximum absolute atomic E-state index is 11.8. The minimum Gasteiger partial charge on any atom is -0.377 e. The Hall–Kier alpha value is -2.15. The number of ether oxygens (including phenoxy) is 1. The van der Waals surface area contributed by atoms with Gasteiger partial charge in [-0.3, -0.25) is 14.9 Å². The quantitative estimate of drug-likeness (QED) is 0.615. The first-order chi connectivity index (χ1) is 9.86. The van der Waals surface area contributed by atoms with Gasteiger partial charge in [-0.15, -0.1) is 0 Å². The maximum atomic E-state index is 11.8. The third kappa shape index (κ3) is 4.71. The molecule has 0 saturated heterocycles. The SMILES string of the molecule is CCOC(C)CNc1ccc(C(=O)N(C)C)cc1[N+](=O)[O-]. The number of nitro groups is 1. The van der Waals surface area contributed by atoms with E-state index in [2.05, 4.69) is 5.32 Å². The van der Waals surface area contributed by atoms with E-state index in [1.165, 1.54) is 11.0 Å². The van der Waals surface area contributed by atoms with Crippen LogP contribution in [0.2, 0.25) is 0 Å². The molecule has 0 aliphatic carbocycles. The van der Waals surface area contributed by atoms with Crippen LogP contribution in [0.15, 0.2) is 18.2 Å². The smallest absolute Gasteiger partial charge is 0.293 e. The molecule has 1 rings (SSSR count). The highest BCUT2D eigenvalue weighted by Gasteiger charge is 2.18. The van der Waals surface area contributed by atoms with Gasteiger partial charge in [0.05, 0.1) is 11.0 Å². The molecule has 1 aromatic carbocycles. The van der Waals surface area contributed by atoms with Gasteiger partial charge in [-0.1, -0.05) is 0 Å². The van der Waals surface area contributed by atoms with Gasteiger partial charge in [0, 0.05) is 38.9 Å². The fraction of sp³-hybridized carbons (Fsp3) is 0.500. The highest BCUT2D eigenvalue weighted by molar-refractivity contribution is 5.95. The van der Waals surface area contributed by atoms with Crippen molar-refractivity contribution in [3.8, 4) is 0 Å². The van der Waals surface area contributed by atoms with E-state index in [4.69, 9.17) is 4.74 Å². The number of nitrogens with zero attached hydrogens (tertiary/aromatic N) is 2. The Morgan fingerprint density at radius 3 is 2.67 bits per heavy atom. The predicted octanol–water partition coefficient (Wildman–Crippen LogP) is 2.13. The monoisotopic (exact) mass is 295 g/mol. The number of benzene rings is 1. The van der Waals surface area contributed by atoms with Crippen LogP contribution >= 0.6 is 0 Å². The van der Waals surface area contributed by atoms with E-state index in [9.17, 15) is 14.9 Å². The molecule has 1 N–H and O–H groups in total. The molecule has 0 aliphatic heterocycles. The van der Waals surface area contributed by atoms with Crippen LogP contribution in [0, 0.1) is 10.1 Å². The van der Waals surface area contributed by atoms with Gasteiger partial charge in [0.1, 0.15) is 5.69 Å². The number of hydrogen-bond donors (Lipinski definition) is 1. The number of amides is 1. The summed E-state index contributed by atoms with van der Waals surface area (Å²) in [5, 5.41) is 14.1. The summed E-state index contributed by atoms with van der Waals surface area (Å²) in [4.78, 5) is 23.9. The summed E-state index contributed by atoms with van der Waals surface area (Å²) >= 11 is 0. The van der Waals surface area contributed by atoms with Crippen molar-refractivity contribution >= 4 is 17.3 Å². The number of hydrogen-bond acceptors (Lipinski definition) is 5. The minimum absolute atomic E-state index is 0.0577. The molecule has 0 spiro atoms. The van der Waals surface area contributed by atoms with Gasteiger partial charge in [0.25, 0.3) is 11.6 Å². The van der Waals surface area contributed by atoms with Crippen molar-refractivity contribution in [2.45, 2.75) is 20.0 Å². The Morgan fingerprint density at radius 1 is 1.48 bits per heavy atom. The van der Waals surface area contributed by atoms with Gasteiger partial charge in [-0.05, 0) is 26.0 Å². The normalized spacial score (nSPS) is 11.8. The van der Waals surface area contributed by atoms with Crippen LogP contribution in [0.4, 0.5) is 11.4 Å². The van der Waals surface area contributed by atoms with Crippen LogP contribution in [0.3, 0.4) is 0 Å². The molecule has 1 aromatic rings. The zero-order valence-corrected chi connectivity index (χ0v) is 12.8. The van der Waals surface area contributed by atoms with E-state index >= 15 is 0 Å². The topological polar surface area (TPSA) is 84.7 Å². The molecule has 1 amide bonds. The highest BCUT2D eigenvalue weighted by atomic mass is 16.6. The molecule has 0 heterocycles. The molecule has 116 valence electrons. The van der Waals surface area contributed by atoms with E-state index in [1.807, 2.05) is 13.8 Å². The van der Waals surface area contributed by atoms with Crippen molar-refractivity contribution in [1.29, 1.82) is 0 Å². The molecule has 1 atom stereocenters. The molecule has 0 aromatic heterocycles. The van der Waals surface area contributed by atoms with Crippen LogP contribution in [0.5, 0.6) is 0 Å². The Bertz CT molecular complexity index is 517. The standard InChI is InChI=1S/C14H21N3O4/c1-5-21-10(2)9-15-12-7-6-11(14(18)16(3)4)8-13(12)17(19)20/h6-8,10,15H,5,9H2,1-4H3. The van der Waals surface area contributed by atoms with Crippen molar-refractivity contribution in [3.05, 3.63) is 33.9 Å². The van der Waals surface area contributed by atoms with Crippen molar-refractivity contribution in [1.82, 2.24) is 4.90 Å². The fourth-order valence-corrected chi connectivity index (χ4v) is 1.82. The van der Waals surface area contributed by atoms with Crippen LogP contribution in [-0.4, -0.2) is 49.1 Å². The zero-order chi connectivity index (χ0) is 16.0. The number of nitrogens with one attached hydrogen (secondary N) is 1. The second-order valence-corrected chi connectivity index (χ2v) is 4.84. The molecule has 1 unspecified atom stereocenters. The van der Waals surface area contributed by atoms with Crippen molar-refractivity contribution in [2.24, 2.45) is 0 Å². The number of anilines is 1. The summed E-state index contributed by atoms with van der Waals surface area (Å²) in [5.74, 6) is -0.271. The zero-order valence-electron chi connectivity index (χ0n) is 12.8. The van der Waals surface area contributed by atoms with Gasteiger partial charge in [0.2, 0.25) is 0 Å². The maximum Gasteiger partial charge on any atom is 0.293 e. The second-order valence-electron chi connectivity index (χ2n) is 4.84. The van der Waals surface area contributed by atoms with Gasteiger partial charge >= 0.3 is 0 Å². The summed E-state index contributed by atoms with van der Waals surface area (Å²) in [7, 11) is 3.20. The van der Waals surface area contributed by atoms with Gasteiger partial charge in [0.15, 0.2) is 0 Å². The van der Waals surface area contributed by atoms with Crippen molar-refractivity contribution < 1.29 is 14.5 Å². The van der Waals surface area contributed by atoms with Crippen molar-refractivity contribution in [2.75, 3.05) is 32.6 Å². The summed E-state index contributed by atoms with van der Waals surface area (Å²) < 4.78 is 5.36. The molecule has 0 saturated carbocycles. The summed E-state index contributed by atoms with van der Waals surface area (Å²) in [5.41, 5.74) is 0.545. The van der Waals surface area contributed by atoms with E-state index in [0.29, 0.717) is 18.8 Å². The number of nitro benzene ring substituents is 1. The first kappa shape index (κ1) is 16.9. The lowest BCUT2D eigenvalue weighted by molar-refractivity contribution is -0.384. The largest absolute Gasteiger partial charge is 0.377 e. The van der Waals surface area contributed by atoms with Crippen LogP contribution in [0.25, 0.3) is 0 Å². The van der Waals surface area contributed by atoms with E-state index in [0.717, 1.165) is 0 Å². The lowest BCUT2D eigenvalue weighted by atomic mass is 10.1. The summed E-state index contributed by atoms with van der Waals surface area (Å²) in [6, 6.07) is 4.41. The van der Waals surface area contributed by atoms with Gasteiger partial charge in [-0.2, -0.15) is 0 Å². The first-order valence-corrected chi connectivity index (χ1v) is 6.72. The number of carbonyl (C=O) groups excluding carboxylic acids is 1. The van der Waals surface area contributed by atoms with E-state index < -0.39 is 4.92 Å². The Balaban J connectivity index is 2.95. The first-order valence-electron chi connectivity index (χ1n) is 6.72. The molecule has 0 aliphatic rings. The molecule has 7 heteroatoms. The molecular formula is C14H21N3O4. The van der Waals surface area contributed by atoms with Crippen LogP contribution < -0.4 is 5.32 Å². The molecule has 21 heavy (non-hydrogen) atoms. The molecule has 0 radical (unpaired) electrons. The molecule has 0 fully saturated rings. The Labute approximate surface area is 124 Å². The second kappa shape index (κ2) is 7.58. The Morgan fingerprint density at radius 2 is 2.14 bits per heavy atom. The molecule has 7 nitrogen and oxygen atoms in total. The average molecular weight is 295 g/mol. The third-order valence-electron chi connectivity index (χ3n) is 2.88. The predicted molar refractivity (Wildman–Crippen MR) is 80.7 cm³/mol. The van der Waals surface area contributed by atoms with Gasteiger partial charge in [-0.25, -0.2) is 0 Å². The fourth-order valence-electron chi connectivity index (χ4n) is 1.82. The third-order valence-corrected chi connectivity index (χ3v) is 2.88. The van der Waals surface area contributed by atoms with Crippen molar-refractivity contribution in [3.63, 3.8) is 0 Å². The lowest BCUT2D eigenvalue weighted by Crippen LogP contribution is -2.22. The Kier molecular flexibility index (Phi) is 6.10. The lowest BCUT2D eigenvalue weighted by Gasteiger charge is -2.15. The molecule has 0 bridgehead atoms. The van der Waals surface area contributed by atoms with Crippen LogP contribution in [-0.2, 0) is 4.74 Å². The highest BCUT2D eigenvalue weighted by Crippen LogP contribution is 2.26. The van der Waals surface area contributed by atoms with Gasteiger partial charge < -0.3 is 15.0 Å².